The molecule has 0 amide bonds. The Labute approximate surface area is 186 Å². The maximum Gasteiger partial charge on any atom is 0.180 e. The number of carbonyl (C=O) groups excluding carboxylic acids is 1. The number of hydrogen-bond acceptors (Lipinski definition) is 5. The number of β-amino-alcohol motifs (C(OH)–C–C–N with tert-alkyl or cyclic N) is 1. The SMILES string of the molecule is CC(=O)c1nc(CN2CCC(O)C2)n2ccccc12.CCCCC1(CO)CCCCC1. The van der Waals surface area contributed by atoms with Crippen LogP contribution in [0.3, 0.4) is 0 Å². The molecule has 172 valence electrons. The summed E-state index contributed by atoms with van der Waals surface area (Å²) in [5.41, 5.74) is 1.70. The van der Waals surface area contributed by atoms with E-state index in [2.05, 4.69) is 16.8 Å². The van der Waals surface area contributed by atoms with E-state index in [1.807, 2.05) is 28.8 Å². The van der Waals surface area contributed by atoms with Gasteiger partial charge in [0.05, 0.1) is 18.2 Å². The van der Waals surface area contributed by atoms with Crippen molar-refractivity contribution in [2.24, 2.45) is 5.41 Å². The van der Waals surface area contributed by atoms with E-state index < -0.39 is 0 Å². The zero-order valence-corrected chi connectivity index (χ0v) is 19.2. The predicted molar refractivity (Wildman–Crippen MR) is 123 cm³/mol. The van der Waals surface area contributed by atoms with Crippen molar-refractivity contribution in [2.45, 2.75) is 84.3 Å². The number of aliphatic hydroxyl groups is 2. The van der Waals surface area contributed by atoms with Gasteiger partial charge in [-0.05, 0) is 43.2 Å². The lowest BCUT2D eigenvalue weighted by molar-refractivity contribution is 0.0712. The van der Waals surface area contributed by atoms with E-state index in [-0.39, 0.29) is 11.9 Å². The van der Waals surface area contributed by atoms with E-state index in [1.54, 1.807) is 6.92 Å². The van der Waals surface area contributed by atoms with Gasteiger partial charge in [-0.1, -0.05) is 45.1 Å². The molecule has 2 aromatic rings. The first-order valence-corrected chi connectivity index (χ1v) is 12.0. The Morgan fingerprint density at radius 3 is 2.65 bits per heavy atom. The zero-order valence-electron chi connectivity index (χ0n) is 19.2. The highest BCUT2D eigenvalue weighted by molar-refractivity contribution is 5.99. The van der Waals surface area contributed by atoms with Gasteiger partial charge in [0.25, 0.3) is 0 Å². The van der Waals surface area contributed by atoms with E-state index in [1.165, 1.54) is 51.4 Å². The summed E-state index contributed by atoms with van der Waals surface area (Å²) in [5, 5.41) is 18.9. The summed E-state index contributed by atoms with van der Waals surface area (Å²) in [6.45, 7) is 6.41. The second kappa shape index (κ2) is 11.2. The maximum atomic E-state index is 11.6. The lowest BCUT2D eigenvalue weighted by Gasteiger charge is -2.35. The van der Waals surface area contributed by atoms with Crippen molar-refractivity contribution < 1.29 is 15.0 Å². The van der Waals surface area contributed by atoms with Crippen LogP contribution in [0.2, 0.25) is 0 Å². The minimum atomic E-state index is -0.237. The molecule has 0 bridgehead atoms. The number of likely N-dealkylation sites (tertiary alicyclic amines) is 1. The second-order valence-corrected chi connectivity index (χ2v) is 9.39. The molecule has 6 nitrogen and oxygen atoms in total. The Bertz CT molecular complexity index is 842. The van der Waals surface area contributed by atoms with Crippen molar-refractivity contribution in [3.8, 4) is 0 Å². The Kier molecular flexibility index (Phi) is 8.64. The third kappa shape index (κ3) is 6.15. The first kappa shape index (κ1) is 23.9. The summed E-state index contributed by atoms with van der Waals surface area (Å²) in [5.74, 6) is 0.839. The van der Waals surface area contributed by atoms with Gasteiger partial charge in [-0.2, -0.15) is 0 Å². The van der Waals surface area contributed by atoms with Gasteiger partial charge >= 0.3 is 0 Å². The van der Waals surface area contributed by atoms with Crippen LogP contribution in [-0.4, -0.2) is 56.1 Å². The molecule has 1 saturated heterocycles. The summed E-state index contributed by atoms with van der Waals surface area (Å²) in [7, 11) is 0. The molecule has 2 aliphatic rings. The standard InChI is InChI=1S/C14H17N3O2.C11H22O/c1-10(18)14-12-4-2-3-6-17(12)13(15-14)9-16-7-5-11(19)8-16;1-2-3-7-11(10-12)8-5-4-6-9-11/h2-4,6,11,19H,5,7-9H2,1H3;12H,2-10H2,1H3. The van der Waals surface area contributed by atoms with E-state index >= 15 is 0 Å². The molecule has 0 aromatic carbocycles. The number of ketones is 1. The van der Waals surface area contributed by atoms with Gasteiger partial charge < -0.3 is 14.6 Å². The fourth-order valence-electron chi connectivity index (χ4n) is 4.97. The van der Waals surface area contributed by atoms with E-state index in [0.29, 0.717) is 30.8 Å². The van der Waals surface area contributed by atoms with Crippen LogP contribution < -0.4 is 0 Å². The average molecular weight is 430 g/mol. The molecule has 6 heteroatoms. The summed E-state index contributed by atoms with van der Waals surface area (Å²) < 4.78 is 1.96. The van der Waals surface area contributed by atoms with Gasteiger partial charge in [-0.3, -0.25) is 9.69 Å². The molecule has 1 unspecified atom stereocenters. The summed E-state index contributed by atoms with van der Waals surface area (Å²) >= 11 is 0. The van der Waals surface area contributed by atoms with Gasteiger partial charge in [-0.15, -0.1) is 0 Å². The first-order chi connectivity index (χ1) is 15.0. The molecule has 31 heavy (non-hydrogen) atoms. The molecule has 2 fully saturated rings. The van der Waals surface area contributed by atoms with Crippen LogP contribution in [0.1, 0.15) is 87.9 Å². The van der Waals surface area contributed by atoms with Crippen LogP contribution in [0.4, 0.5) is 0 Å². The monoisotopic (exact) mass is 429 g/mol. The number of unbranched alkanes of at least 4 members (excludes halogenated alkanes) is 1. The van der Waals surface area contributed by atoms with Crippen molar-refractivity contribution in [1.82, 2.24) is 14.3 Å². The number of carbonyl (C=O) groups is 1. The topological polar surface area (TPSA) is 78.1 Å². The highest BCUT2D eigenvalue weighted by atomic mass is 16.3. The number of rotatable bonds is 7. The van der Waals surface area contributed by atoms with E-state index in [0.717, 1.165) is 24.3 Å². The van der Waals surface area contributed by atoms with Gasteiger partial charge in [-0.25, -0.2) is 4.98 Å². The molecule has 1 saturated carbocycles. The number of aromatic nitrogens is 2. The lowest BCUT2D eigenvalue weighted by atomic mass is 9.71. The fraction of sp³-hybridized carbons (Fsp3) is 0.680. The number of pyridine rings is 1. The van der Waals surface area contributed by atoms with Crippen LogP contribution in [0.15, 0.2) is 24.4 Å². The molecule has 2 aromatic heterocycles. The molecule has 1 aliphatic carbocycles. The van der Waals surface area contributed by atoms with Gasteiger partial charge in [0.1, 0.15) is 11.5 Å². The molecule has 1 atom stereocenters. The predicted octanol–water partition coefficient (Wildman–Crippen LogP) is 4.22. The highest BCUT2D eigenvalue weighted by Crippen LogP contribution is 2.39. The minimum absolute atomic E-state index is 0.0172. The zero-order chi connectivity index (χ0) is 22.3. The smallest absolute Gasteiger partial charge is 0.180 e. The van der Waals surface area contributed by atoms with Crippen molar-refractivity contribution in [3.63, 3.8) is 0 Å². The molecule has 3 heterocycles. The molecule has 2 N–H and O–H groups in total. The summed E-state index contributed by atoms with van der Waals surface area (Å²) in [6, 6.07) is 5.75. The number of Topliss-reactive ketones (excluding diaryl/α,β-unsaturated/α-hetero) is 1. The maximum absolute atomic E-state index is 11.6. The fourth-order valence-corrected chi connectivity index (χ4v) is 4.97. The molecule has 1 aliphatic heterocycles. The van der Waals surface area contributed by atoms with Gasteiger partial charge in [0, 0.05) is 32.8 Å². The van der Waals surface area contributed by atoms with Gasteiger partial charge in [0.15, 0.2) is 5.78 Å². The minimum Gasteiger partial charge on any atom is -0.396 e. The third-order valence-corrected chi connectivity index (χ3v) is 6.88. The lowest BCUT2D eigenvalue weighted by Crippen LogP contribution is -2.28. The molecular weight excluding hydrogens is 390 g/mol. The average Bonchev–Trinajstić information content (AvgIpc) is 3.37. The second-order valence-electron chi connectivity index (χ2n) is 9.39. The third-order valence-electron chi connectivity index (χ3n) is 6.88. The van der Waals surface area contributed by atoms with Crippen LogP contribution >= 0.6 is 0 Å². The number of nitrogens with zero attached hydrogens (tertiary/aromatic N) is 3. The molecular formula is C25H39N3O3. The van der Waals surface area contributed by atoms with Crippen molar-refractivity contribution in [1.29, 1.82) is 0 Å². The number of imidazole rings is 1. The van der Waals surface area contributed by atoms with Crippen LogP contribution in [0, 0.1) is 5.41 Å². The largest absolute Gasteiger partial charge is 0.396 e. The number of fused-ring (bicyclic) bond motifs is 1. The molecule has 0 radical (unpaired) electrons. The van der Waals surface area contributed by atoms with Crippen LogP contribution in [-0.2, 0) is 6.54 Å². The Morgan fingerprint density at radius 1 is 1.26 bits per heavy atom. The van der Waals surface area contributed by atoms with Crippen molar-refractivity contribution in [3.05, 3.63) is 35.9 Å². The summed E-state index contributed by atoms with van der Waals surface area (Å²) in [4.78, 5) is 18.3. The van der Waals surface area contributed by atoms with Crippen molar-refractivity contribution in [2.75, 3.05) is 19.7 Å². The molecule has 4 rings (SSSR count). The molecule has 0 spiro atoms. The van der Waals surface area contributed by atoms with Crippen LogP contribution in [0.5, 0.6) is 0 Å². The van der Waals surface area contributed by atoms with Gasteiger partial charge in [0.2, 0.25) is 0 Å². The Morgan fingerprint density at radius 2 is 2.03 bits per heavy atom. The summed E-state index contributed by atoms with van der Waals surface area (Å²) in [6.07, 6.45) is 12.9. The quantitative estimate of drug-likeness (QED) is 0.644. The first-order valence-electron chi connectivity index (χ1n) is 12.0. The highest BCUT2D eigenvalue weighted by Gasteiger charge is 2.30. The Balaban J connectivity index is 0.000000196. The normalized spacial score (nSPS) is 21.1. The number of hydrogen-bond donors (Lipinski definition) is 2. The van der Waals surface area contributed by atoms with E-state index in [4.69, 9.17) is 0 Å². The van der Waals surface area contributed by atoms with Crippen molar-refractivity contribution >= 4 is 11.3 Å². The van der Waals surface area contributed by atoms with E-state index in [9.17, 15) is 15.0 Å². The Hall–Kier alpha value is -1.76. The number of aliphatic hydroxyl groups excluding tert-OH is 2. The van der Waals surface area contributed by atoms with Crippen LogP contribution in [0.25, 0.3) is 5.52 Å².